The van der Waals surface area contributed by atoms with Gasteiger partial charge in [-0.25, -0.2) is 9.97 Å². The lowest BCUT2D eigenvalue weighted by atomic mass is 10.2. The minimum Gasteiger partial charge on any atom is -0.376 e. The number of para-hydroxylation sites is 2. The molecule has 0 aliphatic carbocycles. The van der Waals surface area contributed by atoms with Gasteiger partial charge in [0.1, 0.15) is 22.4 Å². The molecule has 0 radical (unpaired) electrons. The summed E-state index contributed by atoms with van der Waals surface area (Å²) in [4.78, 5) is 10.6. The molecule has 20 heavy (non-hydrogen) atoms. The quantitative estimate of drug-likeness (QED) is 0.876. The Kier molecular flexibility index (Phi) is 4.79. The molecule has 0 aliphatic rings. The highest BCUT2D eigenvalue weighted by molar-refractivity contribution is 9.10. The Bertz CT molecular complexity index is 586. The van der Waals surface area contributed by atoms with Gasteiger partial charge in [0, 0.05) is 20.6 Å². The van der Waals surface area contributed by atoms with Crippen molar-refractivity contribution in [1.29, 1.82) is 0 Å². The molecule has 1 heterocycles. The molecule has 1 aromatic carbocycles. The van der Waals surface area contributed by atoms with Crippen molar-refractivity contribution >= 4 is 38.9 Å². The van der Waals surface area contributed by atoms with Crippen LogP contribution in [0.25, 0.3) is 0 Å². The second-order valence-electron chi connectivity index (χ2n) is 4.45. The zero-order chi connectivity index (χ0) is 14.5. The molecular formula is C14H18BrN5. The van der Waals surface area contributed by atoms with Crippen molar-refractivity contribution < 1.29 is 0 Å². The number of benzene rings is 1. The van der Waals surface area contributed by atoms with Gasteiger partial charge in [0.05, 0.1) is 11.4 Å². The van der Waals surface area contributed by atoms with E-state index in [0.29, 0.717) is 0 Å². The maximum atomic E-state index is 4.29. The summed E-state index contributed by atoms with van der Waals surface area (Å²) in [5, 5.41) is 6.53. The number of nitrogens with zero attached hydrogens (tertiary/aromatic N) is 3. The first-order chi connectivity index (χ1) is 9.63. The fraction of sp³-hybridized carbons (Fsp3) is 0.286. The Balaban J connectivity index is 2.33. The number of anilines is 4. The van der Waals surface area contributed by atoms with Crippen LogP contribution in [0.4, 0.5) is 23.0 Å². The van der Waals surface area contributed by atoms with E-state index in [-0.39, 0.29) is 0 Å². The van der Waals surface area contributed by atoms with Crippen LogP contribution in [0.5, 0.6) is 0 Å². The molecule has 6 heteroatoms. The van der Waals surface area contributed by atoms with Crippen LogP contribution in [0.3, 0.4) is 0 Å². The molecular weight excluding hydrogens is 318 g/mol. The predicted octanol–water partition coefficient (Wildman–Crippen LogP) is 3.48. The van der Waals surface area contributed by atoms with E-state index < -0.39 is 0 Å². The first kappa shape index (κ1) is 14.6. The van der Waals surface area contributed by atoms with Crippen LogP contribution in [0.15, 0.2) is 35.1 Å². The highest BCUT2D eigenvalue weighted by Gasteiger charge is 2.10. The molecule has 0 atom stereocenters. The van der Waals surface area contributed by atoms with Crippen molar-refractivity contribution in [3.8, 4) is 0 Å². The SMILES string of the molecule is CCNc1ncnc(Nc2ccccc2N(C)C)c1Br. The van der Waals surface area contributed by atoms with Crippen molar-refractivity contribution in [3.05, 3.63) is 35.1 Å². The van der Waals surface area contributed by atoms with Crippen LogP contribution < -0.4 is 15.5 Å². The van der Waals surface area contributed by atoms with E-state index in [1.807, 2.05) is 39.2 Å². The Morgan fingerprint density at radius 2 is 1.85 bits per heavy atom. The summed E-state index contributed by atoms with van der Waals surface area (Å²) in [5.41, 5.74) is 2.10. The van der Waals surface area contributed by atoms with Crippen LogP contribution in [0.2, 0.25) is 0 Å². The van der Waals surface area contributed by atoms with Gasteiger partial charge in [-0.05, 0) is 35.0 Å². The van der Waals surface area contributed by atoms with Crippen LogP contribution in [0, 0.1) is 0 Å². The second kappa shape index (κ2) is 6.56. The monoisotopic (exact) mass is 335 g/mol. The molecule has 1 aromatic heterocycles. The summed E-state index contributed by atoms with van der Waals surface area (Å²) in [5.74, 6) is 1.53. The fourth-order valence-electron chi connectivity index (χ4n) is 1.84. The lowest BCUT2D eigenvalue weighted by Crippen LogP contribution is -2.11. The summed E-state index contributed by atoms with van der Waals surface area (Å²) in [6, 6.07) is 8.09. The van der Waals surface area contributed by atoms with Gasteiger partial charge in [-0.1, -0.05) is 12.1 Å². The third-order valence-corrected chi connectivity index (χ3v) is 3.52. The molecule has 5 nitrogen and oxygen atoms in total. The molecule has 2 rings (SSSR count). The topological polar surface area (TPSA) is 53.1 Å². The second-order valence-corrected chi connectivity index (χ2v) is 5.24. The minimum absolute atomic E-state index is 0.741. The lowest BCUT2D eigenvalue weighted by molar-refractivity contribution is 1.10. The summed E-state index contributed by atoms with van der Waals surface area (Å²) in [6.45, 7) is 2.84. The molecule has 0 unspecified atom stereocenters. The van der Waals surface area contributed by atoms with Gasteiger partial charge in [-0.2, -0.15) is 0 Å². The van der Waals surface area contributed by atoms with E-state index in [1.165, 1.54) is 0 Å². The number of halogens is 1. The van der Waals surface area contributed by atoms with Crippen molar-refractivity contribution in [1.82, 2.24) is 9.97 Å². The largest absolute Gasteiger partial charge is 0.376 e. The molecule has 2 N–H and O–H groups in total. The summed E-state index contributed by atoms with van der Waals surface area (Å²) < 4.78 is 0.829. The van der Waals surface area contributed by atoms with E-state index >= 15 is 0 Å². The summed E-state index contributed by atoms with van der Waals surface area (Å²) in [6.07, 6.45) is 1.54. The molecule has 0 aliphatic heterocycles. The van der Waals surface area contributed by atoms with Gasteiger partial charge in [-0.3, -0.25) is 0 Å². The Labute approximate surface area is 127 Å². The van der Waals surface area contributed by atoms with E-state index in [0.717, 1.165) is 34.0 Å². The van der Waals surface area contributed by atoms with Crippen LogP contribution in [-0.2, 0) is 0 Å². The summed E-state index contributed by atoms with van der Waals surface area (Å²) in [7, 11) is 4.03. The fourth-order valence-corrected chi connectivity index (χ4v) is 2.29. The van der Waals surface area contributed by atoms with Crippen LogP contribution in [0.1, 0.15) is 6.92 Å². The maximum absolute atomic E-state index is 4.29. The average Bonchev–Trinajstić information content (AvgIpc) is 2.44. The van der Waals surface area contributed by atoms with E-state index in [9.17, 15) is 0 Å². The van der Waals surface area contributed by atoms with Gasteiger partial charge in [0.2, 0.25) is 0 Å². The predicted molar refractivity (Wildman–Crippen MR) is 87.9 cm³/mol. The lowest BCUT2D eigenvalue weighted by Gasteiger charge is -2.18. The van der Waals surface area contributed by atoms with Gasteiger partial charge < -0.3 is 15.5 Å². The Morgan fingerprint density at radius 1 is 1.15 bits per heavy atom. The van der Waals surface area contributed by atoms with Crippen LogP contribution in [-0.4, -0.2) is 30.6 Å². The van der Waals surface area contributed by atoms with Crippen molar-refractivity contribution in [3.63, 3.8) is 0 Å². The standard InChI is InChI=1S/C14H18BrN5/c1-4-16-13-12(15)14(18-9-17-13)19-10-7-5-6-8-11(10)20(2)3/h5-9H,4H2,1-3H3,(H2,16,17,18,19). The third-order valence-electron chi connectivity index (χ3n) is 2.77. The number of nitrogens with one attached hydrogen (secondary N) is 2. The highest BCUT2D eigenvalue weighted by Crippen LogP contribution is 2.32. The molecule has 0 spiro atoms. The van der Waals surface area contributed by atoms with E-state index in [1.54, 1.807) is 6.33 Å². The maximum Gasteiger partial charge on any atom is 0.150 e. The molecule has 2 aromatic rings. The molecule has 0 saturated carbocycles. The molecule has 0 fully saturated rings. The molecule has 0 amide bonds. The first-order valence-electron chi connectivity index (χ1n) is 6.41. The normalized spacial score (nSPS) is 10.2. The Hall–Kier alpha value is -1.82. The van der Waals surface area contributed by atoms with Gasteiger partial charge in [0.25, 0.3) is 0 Å². The van der Waals surface area contributed by atoms with Gasteiger partial charge >= 0.3 is 0 Å². The Morgan fingerprint density at radius 3 is 2.55 bits per heavy atom. The van der Waals surface area contributed by atoms with Crippen molar-refractivity contribution in [2.24, 2.45) is 0 Å². The molecule has 0 bridgehead atoms. The van der Waals surface area contributed by atoms with Crippen LogP contribution >= 0.6 is 15.9 Å². The third kappa shape index (κ3) is 3.19. The van der Waals surface area contributed by atoms with Gasteiger partial charge in [0.15, 0.2) is 0 Å². The smallest absolute Gasteiger partial charge is 0.150 e. The minimum atomic E-state index is 0.741. The zero-order valence-corrected chi connectivity index (χ0v) is 13.4. The van der Waals surface area contributed by atoms with Gasteiger partial charge in [-0.15, -0.1) is 0 Å². The number of hydrogen-bond acceptors (Lipinski definition) is 5. The zero-order valence-electron chi connectivity index (χ0n) is 11.8. The van der Waals surface area contributed by atoms with E-state index in [4.69, 9.17) is 0 Å². The van der Waals surface area contributed by atoms with E-state index in [2.05, 4.69) is 47.5 Å². The van der Waals surface area contributed by atoms with Crippen molar-refractivity contribution in [2.45, 2.75) is 6.92 Å². The molecule has 0 saturated heterocycles. The number of hydrogen-bond donors (Lipinski definition) is 2. The number of rotatable bonds is 5. The number of aromatic nitrogens is 2. The highest BCUT2D eigenvalue weighted by atomic mass is 79.9. The molecule has 106 valence electrons. The van der Waals surface area contributed by atoms with Crippen molar-refractivity contribution in [2.75, 3.05) is 36.2 Å². The average molecular weight is 336 g/mol. The first-order valence-corrected chi connectivity index (χ1v) is 7.20. The summed E-state index contributed by atoms with van der Waals surface area (Å²) >= 11 is 3.54.